The molecule has 1 saturated carbocycles. The Morgan fingerprint density at radius 1 is 1.30 bits per heavy atom. The first-order chi connectivity index (χ1) is 9.54. The van der Waals surface area contributed by atoms with Crippen LogP contribution in [0, 0.1) is 5.41 Å². The summed E-state index contributed by atoms with van der Waals surface area (Å²) in [7, 11) is 0. The van der Waals surface area contributed by atoms with E-state index in [4.69, 9.17) is 28.9 Å². The number of hydrogen-bond donors (Lipinski definition) is 2. The Bertz CT molecular complexity index is 458. The van der Waals surface area contributed by atoms with Crippen LogP contribution >= 0.6 is 23.2 Å². The van der Waals surface area contributed by atoms with Crippen molar-refractivity contribution in [1.82, 2.24) is 0 Å². The summed E-state index contributed by atoms with van der Waals surface area (Å²) in [5, 5.41) is 12.1. The average Bonchev–Trinajstić information content (AvgIpc) is 2.91. The van der Waals surface area contributed by atoms with Gasteiger partial charge in [0.25, 0.3) is 0 Å². The Labute approximate surface area is 131 Å². The van der Waals surface area contributed by atoms with E-state index in [2.05, 4.69) is 6.92 Å². The Kier molecular flexibility index (Phi) is 5.36. The fourth-order valence-electron chi connectivity index (χ4n) is 3.59. The highest BCUT2D eigenvalue weighted by molar-refractivity contribution is 6.35. The zero-order valence-corrected chi connectivity index (χ0v) is 13.4. The van der Waals surface area contributed by atoms with Gasteiger partial charge in [0.1, 0.15) is 0 Å². The molecule has 1 aromatic rings. The van der Waals surface area contributed by atoms with Gasteiger partial charge in [-0.25, -0.2) is 0 Å². The summed E-state index contributed by atoms with van der Waals surface area (Å²) in [6, 6.07) is 5.43. The molecule has 0 aromatic heterocycles. The smallest absolute Gasteiger partial charge is 0.0677 e. The van der Waals surface area contributed by atoms with Crippen molar-refractivity contribution in [3.05, 3.63) is 33.8 Å². The van der Waals surface area contributed by atoms with Crippen LogP contribution in [0.25, 0.3) is 0 Å². The number of aliphatic hydroxyl groups excluding tert-OH is 1. The van der Waals surface area contributed by atoms with Gasteiger partial charge in [0.05, 0.1) is 6.10 Å². The van der Waals surface area contributed by atoms with E-state index in [1.165, 1.54) is 12.8 Å². The van der Waals surface area contributed by atoms with E-state index >= 15 is 0 Å². The fourth-order valence-corrected chi connectivity index (χ4v) is 4.14. The number of aliphatic hydroxyl groups is 1. The molecule has 0 amide bonds. The molecular weight excluding hydrogens is 293 g/mol. The molecule has 0 heterocycles. The summed E-state index contributed by atoms with van der Waals surface area (Å²) in [4.78, 5) is 0. The van der Waals surface area contributed by atoms with Crippen molar-refractivity contribution in [2.75, 3.05) is 6.54 Å². The quantitative estimate of drug-likeness (QED) is 0.847. The maximum Gasteiger partial charge on any atom is 0.0677 e. The predicted octanol–water partition coefficient (Wildman–Crippen LogP) is 4.37. The molecule has 2 rings (SSSR count). The van der Waals surface area contributed by atoms with Crippen LogP contribution in [0.2, 0.25) is 10.0 Å². The first-order valence-corrected chi connectivity index (χ1v) is 8.13. The summed E-state index contributed by atoms with van der Waals surface area (Å²) in [6.07, 6.45) is 5.07. The lowest BCUT2D eigenvalue weighted by Crippen LogP contribution is -2.40. The molecule has 2 unspecified atom stereocenters. The molecule has 1 aliphatic carbocycles. The minimum atomic E-state index is -0.446. The van der Waals surface area contributed by atoms with Gasteiger partial charge in [0.2, 0.25) is 0 Å². The van der Waals surface area contributed by atoms with Crippen LogP contribution in [-0.4, -0.2) is 17.8 Å². The van der Waals surface area contributed by atoms with Gasteiger partial charge in [-0.2, -0.15) is 0 Å². The van der Waals surface area contributed by atoms with Crippen LogP contribution in [0.15, 0.2) is 18.2 Å². The Morgan fingerprint density at radius 2 is 1.95 bits per heavy atom. The van der Waals surface area contributed by atoms with Crippen LogP contribution in [0.5, 0.6) is 0 Å². The summed E-state index contributed by atoms with van der Waals surface area (Å²) >= 11 is 12.2. The van der Waals surface area contributed by atoms with E-state index in [1.54, 1.807) is 6.07 Å². The zero-order chi connectivity index (χ0) is 14.8. The van der Waals surface area contributed by atoms with Crippen molar-refractivity contribution in [1.29, 1.82) is 0 Å². The molecule has 0 aliphatic heterocycles. The van der Waals surface area contributed by atoms with E-state index in [1.807, 2.05) is 12.1 Å². The first kappa shape index (κ1) is 16.1. The third kappa shape index (κ3) is 2.99. The molecule has 0 saturated heterocycles. The lowest BCUT2D eigenvalue weighted by Gasteiger charge is -2.38. The number of benzene rings is 1. The third-order valence-electron chi connectivity index (χ3n) is 4.93. The second kappa shape index (κ2) is 6.65. The summed E-state index contributed by atoms with van der Waals surface area (Å²) in [6.45, 7) is 2.55. The second-order valence-electron chi connectivity index (χ2n) is 5.88. The molecule has 0 radical (unpaired) electrons. The van der Waals surface area contributed by atoms with Crippen LogP contribution in [0.3, 0.4) is 0 Å². The Hall–Kier alpha value is -0.280. The molecule has 1 aromatic carbocycles. The van der Waals surface area contributed by atoms with Gasteiger partial charge in [-0.05, 0) is 42.4 Å². The Balaban J connectivity index is 2.31. The van der Waals surface area contributed by atoms with Crippen molar-refractivity contribution >= 4 is 23.2 Å². The largest absolute Gasteiger partial charge is 0.392 e. The molecule has 2 nitrogen and oxygen atoms in total. The number of nitrogens with two attached hydrogens (primary N) is 1. The highest BCUT2D eigenvalue weighted by Gasteiger charge is 2.43. The van der Waals surface area contributed by atoms with Gasteiger partial charge < -0.3 is 10.8 Å². The molecule has 1 aliphatic rings. The highest BCUT2D eigenvalue weighted by atomic mass is 35.5. The molecule has 1 fully saturated rings. The molecule has 4 heteroatoms. The molecule has 2 atom stereocenters. The highest BCUT2D eigenvalue weighted by Crippen LogP contribution is 2.48. The van der Waals surface area contributed by atoms with E-state index in [-0.39, 0.29) is 11.3 Å². The lowest BCUT2D eigenvalue weighted by molar-refractivity contribution is 0.00603. The van der Waals surface area contributed by atoms with E-state index < -0.39 is 6.10 Å². The van der Waals surface area contributed by atoms with Crippen molar-refractivity contribution in [2.24, 2.45) is 11.1 Å². The van der Waals surface area contributed by atoms with Gasteiger partial charge >= 0.3 is 0 Å². The standard InChI is InChI=1S/C16H23Cl2NO/c1-2-16(7-3-4-8-16)15(20)13(10-19)12-6-5-11(17)9-14(12)18/h5-6,9,13,15,20H,2-4,7-8,10,19H2,1H3. The minimum absolute atomic E-state index is 0.00694. The lowest BCUT2D eigenvalue weighted by atomic mass is 9.71. The SMILES string of the molecule is CCC1(C(O)C(CN)c2ccc(Cl)cc2Cl)CCCC1. The van der Waals surface area contributed by atoms with Crippen molar-refractivity contribution < 1.29 is 5.11 Å². The van der Waals surface area contributed by atoms with Crippen molar-refractivity contribution in [3.63, 3.8) is 0 Å². The monoisotopic (exact) mass is 315 g/mol. The van der Waals surface area contributed by atoms with E-state index in [0.29, 0.717) is 16.6 Å². The summed E-state index contributed by atoms with van der Waals surface area (Å²) < 4.78 is 0. The summed E-state index contributed by atoms with van der Waals surface area (Å²) in [5.74, 6) is -0.127. The third-order valence-corrected chi connectivity index (χ3v) is 5.49. The van der Waals surface area contributed by atoms with Gasteiger partial charge in [0.15, 0.2) is 0 Å². The number of rotatable bonds is 5. The normalized spacial score (nSPS) is 20.9. The van der Waals surface area contributed by atoms with E-state index in [0.717, 1.165) is 24.8 Å². The maximum absolute atomic E-state index is 10.9. The van der Waals surface area contributed by atoms with Gasteiger partial charge in [-0.1, -0.05) is 49.0 Å². The van der Waals surface area contributed by atoms with Crippen molar-refractivity contribution in [3.8, 4) is 0 Å². The second-order valence-corrected chi connectivity index (χ2v) is 6.72. The molecule has 0 bridgehead atoms. The molecule has 0 spiro atoms. The van der Waals surface area contributed by atoms with Crippen molar-refractivity contribution in [2.45, 2.75) is 51.0 Å². The first-order valence-electron chi connectivity index (χ1n) is 7.37. The van der Waals surface area contributed by atoms with Crippen LogP contribution in [-0.2, 0) is 0 Å². The maximum atomic E-state index is 10.9. The minimum Gasteiger partial charge on any atom is -0.392 e. The predicted molar refractivity (Wildman–Crippen MR) is 85.5 cm³/mol. The number of halogens is 2. The molecule has 112 valence electrons. The molecular formula is C16H23Cl2NO. The van der Waals surface area contributed by atoms with Gasteiger partial charge in [-0.15, -0.1) is 0 Å². The Morgan fingerprint density at radius 3 is 2.45 bits per heavy atom. The van der Waals surface area contributed by atoms with Gasteiger partial charge in [-0.3, -0.25) is 0 Å². The number of hydrogen-bond acceptors (Lipinski definition) is 2. The van der Waals surface area contributed by atoms with Crippen LogP contribution in [0.1, 0.15) is 50.5 Å². The fraction of sp³-hybridized carbons (Fsp3) is 0.625. The van der Waals surface area contributed by atoms with E-state index in [9.17, 15) is 5.11 Å². The zero-order valence-electron chi connectivity index (χ0n) is 11.9. The topological polar surface area (TPSA) is 46.2 Å². The molecule has 3 N–H and O–H groups in total. The van der Waals surface area contributed by atoms with Gasteiger partial charge in [0, 0.05) is 22.5 Å². The average molecular weight is 316 g/mol. The summed E-state index contributed by atoms with van der Waals surface area (Å²) in [5.41, 5.74) is 6.84. The van der Waals surface area contributed by atoms with Crippen LogP contribution in [0.4, 0.5) is 0 Å². The van der Waals surface area contributed by atoms with Crippen LogP contribution < -0.4 is 5.73 Å². The molecule has 20 heavy (non-hydrogen) atoms.